The number of allylic oxidation sites excluding steroid dienone is 4. The fraction of sp³-hybridized carbons (Fsp3) is 0.421. The molecule has 1 heteroatoms. The molecule has 1 aliphatic rings. The fourth-order valence-corrected chi connectivity index (χ4v) is 2.87. The molecule has 1 nitrogen and oxygen atoms in total. The van der Waals surface area contributed by atoms with Crippen molar-refractivity contribution in [3.05, 3.63) is 52.1 Å². The Balaban J connectivity index is 2.38. The maximum Gasteiger partial charge on any atom is 0.0392 e. The first-order valence-corrected chi connectivity index (χ1v) is 7.60. The van der Waals surface area contributed by atoms with E-state index in [1.807, 2.05) is 0 Å². The lowest BCUT2D eigenvalue weighted by Gasteiger charge is -2.13. The molecule has 0 radical (unpaired) electrons. The van der Waals surface area contributed by atoms with Crippen molar-refractivity contribution in [3.8, 4) is 0 Å². The van der Waals surface area contributed by atoms with Gasteiger partial charge in [0.25, 0.3) is 0 Å². The molecule has 0 spiro atoms. The van der Waals surface area contributed by atoms with Gasteiger partial charge >= 0.3 is 0 Å². The summed E-state index contributed by atoms with van der Waals surface area (Å²) in [6.07, 6.45) is 4.16. The predicted octanol–water partition coefficient (Wildman–Crippen LogP) is 5.76. The predicted molar refractivity (Wildman–Crippen MR) is 88.4 cm³/mol. The normalized spacial score (nSPS) is 15.2. The summed E-state index contributed by atoms with van der Waals surface area (Å²) in [7, 11) is 0. The van der Waals surface area contributed by atoms with E-state index in [1.165, 1.54) is 27.9 Å². The minimum Gasteiger partial charge on any atom is -0.305 e. The minimum absolute atomic E-state index is 0.782. The Morgan fingerprint density at radius 3 is 2.40 bits per heavy atom. The average molecular weight is 267 g/mol. The topological polar surface area (TPSA) is 23.9 Å². The highest BCUT2D eigenvalue weighted by Crippen LogP contribution is 2.39. The summed E-state index contributed by atoms with van der Waals surface area (Å²) < 4.78 is 0. The van der Waals surface area contributed by atoms with Crippen molar-refractivity contribution in [1.29, 1.82) is 5.41 Å². The SMILES string of the molecule is CCCCC(=N)c1ccccc1C1=C(C)C(C)=C(C)C1. The van der Waals surface area contributed by atoms with Crippen LogP contribution < -0.4 is 0 Å². The first-order valence-electron chi connectivity index (χ1n) is 7.60. The van der Waals surface area contributed by atoms with Crippen LogP contribution in [0.4, 0.5) is 0 Å². The van der Waals surface area contributed by atoms with E-state index in [2.05, 4.69) is 52.0 Å². The molecule has 0 saturated carbocycles. The number of nitrogens with one attached hydrogen (secondary N) is 1. The molecular weight excluding hydrogens is 242 g/mol. The molecule has 20 heavy (non-hydrogen) atoms. The van der Waals surface area contributed by atoms with Crippen molar-refractivity contribution in [2.45, 2.75) is 53.4 Å². The van der Waals surface area contributed by atoms with Gasteiger partial charge in [0.1, 0.15) is 0 Å². The van der Waals surface area contributed by atoms with Crippen molar-refractivity contribution >= 4 is 11.3 Å². The van der Waals surface area contributed by atoms with Crippen LogP contribution >= 0.6 is 0 Å². The number of hydrogen-bond acceptors (Lipinski definition) is 1. The van der Waals surface area contributed by atoms with Gasteiger partial charge in [-0.2, -0.15) is 0 Å². The fourth-order valence-electron chi connectivity index (χ4n) is 2.87. The van der Waals surface area contributed by atoms with Crippen LogP contribution in [0.15, 0.2) is 41.0 Å². The maximum atomic E-state index is 8.37. The van der Waals surface area contributed by atoms with Gasteiger partial charge < -0.3 is 5.41 Å². The van der Waals surface area contributed by atoms with Crippen LogP contribution in [0.2, 0.25) is 0 Å². The molecule has 0 amide bonds. The van der Waals surface area contributed by atoms with E-state index in [0.29, 0.717) is 0 Å². The number of hydrogen-bond donors (Lipinski definition) is 1. The van der Waals surface area contributed by atoms with Crippen LogP contribution in [-0.4, -0.2) is 5.71 Å². The number of benzene rings is 1. The quantitative estimate of drug-likeness (QED) is 0.656. The van der Waals surface area contributed by atoms with Gasteiger partial charge in [-0.1, -0.05) is 43.2 Å². The van der Waals surface area contributed by atoms with E-state index in [-0.39, 0.29) is 0 Å². The molecule has 0 heterocycles. The molecular formula is C19H25N. The summed E-state index contributed by atoms with van der Waals surface area (Å²) in [5, 5.41) is 8.37. The molecule has 106 valence electrons. The summed E-state index contributed by atoms with van der Waals surface area (Å²) in [6.45, 7) is 8.83. The molecule has 0 aromatic heterocycles. The average Bonchev–Trinajstić information content (AvgIpc) is 2.72. The van der Waals surface area contributed by atoms with Crippen molar-refractivity contribution in [1.82, 2.24) is 0 Å². The third-order valence-electron chi connectivity index (χ3n) is 4.45. The van der Waals surface area contributed by atoms with Crippen LogP contribution in [0.1, 0.15) is 64.5 Å². The van der Waals surface area contributed by atoms with E-state index < -0.39 is 0 Å². The summed E-state index contributed by atoms with van der Waals surface area (Å²) >= 11 is 0. The standard InChI is InChI=1S/C19H25N/c1-5-6-11-19(20)17-10-8-7-9-16(17)18-12-13(2)14(3)15(18)4/h7-10,20H,5-6,11-12H2,1-4H3. The van der Waals surface area contributed by atoms with Crippen LogP contribution in [0, 0.1) is 5.41 Å². The third kappa shape index (κ3) is 2.77. The Morgan fingerprint density at radius 1 is 1.10 bits per heavy atom. The maximum absolute atomic E-state index is 8.37. The lowest BCUT2D eigenvalue weighted by molar-refractivity contribution is 0.832. The van der Waals surface area contributed by atoms with E-state index in [1.54, 1.807) is 0 Å². The second-order valence-corrected chi connectivity index (χ2v) is 5.81. The second-order valence-electron chi connectivity index (χ2n) is 5.81. The molecule has 0 fully saturated rings. The zero-order valence-corrected chi connectivity index (χ0v) is 13.1. The van der Waals surface area contributed by atoms with Gasteiger partial charge in [-0.05, 0) is 62.3 Å². The molecule has 2 rings (SSSR count). The molecule has 1 N–H and O–H groups in total. The lowest BCUT2D eigenvalue weighted by Crippen LogP contribution is -2.03. The van der Waals surface area contributed by atoms with Crippen molar-refractivity contribution in [3.63, 3.8) is 0 Å². The van der Waals surface area contributed by atoms with Crippen LogP contribution in [0.25, 0.3) is 5.57 Å². The summed E-state index contributed by atoms with van der Waals surface area (Å²) in [5.74, 6) is 0. The van der Waals surface area contributed by atoms with E-state index >= 15 is 0 Å². The van der Waals surface area contributed by atoms with E-state index in [9.17, 15) is 0 Å². The molecule has 0 atom stereocenters. The zero-order valence-electron chi connectivity index (χ0n) is 13.1. The Labute approximate surface area is 122 Å². The first kappa shape index (κ1) is 14.8. The van der Waals surface area contributed by atoms with Gasteiger partial charge in [-0.15, -0.1) is 0 Å². The van der Waals surface area contributed by atoms with Crippen LogP contribution in [0.3, 0.4) is 0 Å². The Kier molecular flexibility index (Phi) is 4.59. The third-order valence-corrected chi connectivity index (χ3v) is 4.45. The molecule has 1 aromatic carbocycles. The highest BCUT2D eigenvalue weighted by molar-refractivity contribution is 6.03. The zero-order chi connectivity index (χ0) is 14.7. The van der Waals surface area contributed by atoms with E-state index in [4.69, 9.17) is 5.41 Å². The second kappa shape index (κ2) is 6.21. The number of rotatable bonds is 5. The van der Waals surface area contributed by atoms with Gasteiger partial charge in [-0.25, -0.2) is 0 Å². The highest BCUT2D eigenvalue weighted by Gasteiger charge is 2.20. The molecule has 0 bridgehead atoms. The number of unbranched alkanes of at least 4 members (excludes halogenated alkanes) is 1. The Bertz CT molecular complexity index is 588. The van der Waals surface area contributed by atoms with Gasteiger partial charge in [0.05, 0.1) is 0 Å². The molecule has 1 aliphatic carbocycles. The monoisotopic (exact) mass is 267 g/mol. The molecule has 0 aliphatic heterocycles. The first-order chi connectivity index (χ1) is 9.56. The van der Waals surface area contributed by atoms with Crippen molar-refractivity contribution in [2.75, 3.05) is 0 Å². The summed E-state index contributed by atoms with van der Waals surface area (Å²) in [5.41, 5.74) is 8.88. The highest BCUT2D eigenvalue weighted by atomic mass is 14.4. The molecule has 0 saturated heterocycles. The van der Waals surface area contributed by atoms with Crippen molar-refractivity contribution < 1.29 is 0 Å². The smallest absolute Gasteiger partial charge is 0.0392 e. The Morgan fingerprint density at radius 2 is 1.80 bits per heavy atom. The van der Waals surface area contributed by atoms with Gasteiger partial charge in [0.15, 0.2) is 0 Å². The molecule has 0 unspecified atom stereocenters. The van der Waals surface area contributed by atoms with Gasteiger partial charge in [-0.3, -0.25) is 0 Å². The largest absolute Gasteiger partial charge is 0.305 e. The minimum atomic E-state index is 0.782. The van der Waals surface area contributed by atoms with Crippen LogP contribution in [-0.2, 0) is 0 Å². The lowest BCUT2D eigenvalue weighted by atomic mass is 9.91. The van der Waals surface area contributed by atoms with Crippen LogP contribution in [0.5, 0.6) is 0 Å². The molecule has 1 aromatic rings. The van der Waals surface area contributed by atoms with Crippen molar-refractivity contribution in [2.24, 2.45) is 0 Å². The Hall–Kier alpha value is -1.63. The summed E-state index contributed by atoms with van der Waals surface area (Å²) in [4.78, 5) is 0. The van der Waals surface area contributed by atoms with Gasteiger partial charge in [0.2, 0.25) is 0 Å². The van der Waals surface area contributed by atoms with E-state index in [0.717, 1.165) is 37.0 Å². The van der Waals surface area contributed by atoms with Gasteiger partial charge in [0, 0.05) is 11.3 Å². The summed E-state index contributed by atoms with van der Waals surface area (Å²) in [6, 6.07) is 8.43.